The number of hydrogen-bond donors (Lipinski definition) is 0. The fourth-order valence-electron chi connectivity index (χ4n) is 4.58. The van der Waals surface area contributed by atoms with E-state index in [0.29, 0.717) is 23.2 Å². The van der Waals surface area contributed by atoms with Crippen molar-refractivity contribution < 1.29 is 31.1 Å². The van der Waals surface area contributed by atoms with Gasteiger partial charge in [0.1, 0.15) is 5.82 Å². The molecule has 38 heavy (non-hydrogen) atoms. The number of alkyl halides is 3. The van der Waals surface area contributed by atoms with Gasteiger partial charge in [-0.1, -0.05) is 20.3 Å². The van der Waals surface area contributed by atoms with Gasteiger partial charge in [-0.25, -0.2) is 23.2 Å². The minimum absolute atomic E-state index is 0.349. The molecule has 2 aromatic rings. The van der Waals surface area contributed by atoms with E-state index in [0.717, 1.165) is 63.3 Å². The van der Waals surface area contributed by atoms with Crippen LogP contribution in [0.15, 0.2) is 42.4 Å². The largest absolute Gasteiger partial charge is 0.482 e. The molecule has 0 radical (unpaired) electrons. The van der Waals surface area contributed by atoms with E-state index in [-0.39, 0.29) is 6.04 Å². The molecule has 4 rings (SSSR count). The van der Waals surface area contributed by atoms with Crippen LogP contribution in [-0.2, 0) is 10.9 Å². The van der Waals surface area contributed by atoms with Crippen molar-refractivity contribution in [3.63, 3.8) is 0 Å². The van der Waals surface area contributed by atoms with Gasteiger partial charge < -0.3 is 9.64 Å². The van der Waals surface area contributed by atoms with Crippen LogP contribution in [0.2, 0.25) is 0 Å². The summed E-state index contributed by atoms with van der Waals surface area (Å²) in [6, 6.07) is 4.21. The number of unbranched alkanes of at least 4 members (excludes halogenated alkanes) is 1. The molecule has 11 heteroatoms. The molecule has 2 aliphatic heterocycles. The van der Waals surface area contributed by atoms with Gasteiger partial charge in [0.05, 0.1) is 18.7 Å². The Hall–Kier alpha value is -2.95. The number of halogens is 6. The first kappa shape index (κ1) is 29.6. The molecular formula is C27H34F6N4O. The molecule has 2 aliphatic rings. The fraction of sp³-hybridized carbons (Fsp3) is 0.519. The number of methoxy groups -OCH3 is 1. The Morgan fingerprint density at radius 1 is 1.11 bits per heavy atom. The second-order valence-corrected chi connectivity index (χ2v) is 9.60. The summed E-state index contributed by atoms with van der Waals surface area (Å²) in [4.78, 5) is 5.96. The third kappa shape index (κ3) is 7.12. The lowest BCUT2D eigenvalue weighted by atomic mass is 10.0. The van der Waals surface area contributed by atoms with Gasteiger partial charge in [0.2, 0.25) is 5.88 Å². The maximum Gasteiger partial charge on any atom is 0.417 e. The quantitative estimate of drug-likeness (QED) is 0.291. The maximum atomic E-state index is 13.4. The van der Waals surface area contributed by atoms with E-state index in [1.807, 2.05) is 22.0 Å². The number of nitrogens with zero attached hydrogens (tertiary/aromatic N) is 4. The Labute approximate surface area is 219 Å². The molecule has 1 saturated heterocycles. The van der Waals surface area contributed by atoms with E-state index < -0.39 is 29.2 Å². The van der Waals surface area contributed by atoms with Gasteiger partial charge in [-0.15, -0.1) is 0 Å². The Morgan fingerprint density at radius 3 is 2.32 bits per heavy atom. The zero-order valence-corrected chi connectivity index (χ0v) is 22.0. The van der Waals surface area contributed by atoms with Crippen molar-refractivity contribution in [2.45, 2.75) is 51.7 Å². The SMILES string of the molecule is CC1CCCN(c2ccc(C(F)(F)F)cn2)C1.CCCCN1C(OC)=CC(c2cc(F)c(F)c(F)c2)N1C. The highest BCUT2D eigenvalue weighted by molar-refractivity contribution is 5.40. The number of anilines is 1. The summed E-state index contributed by atoms with van der Waals surface area (Å²) >= 11 is 0. The predicted octanol–water partition coefficient (Wildman–Crippen LogP) is 6.93. The predicted molar refractivity (Wildman–Crippen MR) is 133 cm³/mol. The van der Waals surface area contributed by atoms with Crippen LogP contribution < -0.4 is 4.90 Å². The van der Waals surface area contributed by atoms with Crippen molar-refractivity contribution in [1.29, 1.82) is 0 Å². The summed E-state index contributed by atoms with van der Waals surface area (Å²) < 4.78 is 82.3. The second-order valence-electron chi connectivity index (χ2n) is 9.60. The molecule has 0 spiro atoms. The number of ether oxygens (including phenoxy) is 1. The lowest BCUT2D eigenvalue weighted by Gasteiger charge is -2.31. The summed E-state index contributed by atoms with van der Waals surface area (Å²) in [6.07, 6.45) is 2.60. The van der Waals surface area contributed by atoms with Crippen LogP contribution in [0.4, 0.5) is 32.2 Å². The van der Waals surface area contributed by atoms with E-state index in [1.54, 1.807) is 13.2 Å². The molecule has 0 aliphatic carbocycles. The monoisotopic (exact) mass is 544 g/mol. The number of hydrogen-bond acceptors (Lipinski definition) is 5. The van der Waals surface area contributed by atoms with Crippen LogP contribution in [0.25, 0.3) is 0 Å². The molecular weight excluding hydrogens is 510 g/mol. The van der Waals surface area contributed by atoms with Crippen molar-refractivity contribution in [3.05, 3.63) is 71.0 Å². The summed E-state index contributed by atoms with van der Waals surface area (Å²) in [5, 5.41) is 3.74. The first-order valence-electron chi connectivity index (χ1n) is 12.6. The van der Waals surface area contributed by atoms with E-state index in [9.17, 15) is 26.3 Å². The lowest BCUT2D eigenvalue weighted by molar-refractivity contribution is -0.137. The summed E-state index contributed by atoms with van der Waals surface area (Å²) in [7, 11) is 3.36. The lowest BCUT2D eigenvalue weighted by Crippen LogP contribution is -2.37. The van der Waals surface area contributed by atoms with Crippen LogP contribution >= 0.6 is 0 Å². The Balaban J connectivity index is 0.000000215. The fourth-order valence-corrected chi connectivity index (χ4v) is 4.58. The van der Waals surface area contributed by atoms with Crippen LogP contribution in [0.5, 0.6) is 0 Å². The topological polar surface area (TPSA) is 31.8 Å². The summed E-state index contributed by atoms with van der Waals surface area (Å²) in [6.45, 7) is 6.72. The van der Waals surface area contributed by atoms with Crippen molar-refractivity contribution in [2.24, 2.45) is 5.92 Å². The molecule has 1 aromatic carbocycles. The van der Waals surface area contributed by atoms with Crippen LogP contribution in [-0.4, -0.2) is 48.8 Å². The molecule has 2 atom stereocenters. The number of hydrazine groups is 1. The van der Waals surface area contributed by atoms with Crippen molar-refractivity contribution >= 4 is 5.82 Å². The van der Waals surface area contributed by atoms with E-state index in [2.05, 4.69) is 18.8 Å². The van der Waals surface area contributed by atoms with E-state index in [1.165, 1.54) is 12.5 Å². The van der Waals surface area contributed by atoms with Crippen molar-refractivity contribution in [2.75, 3.05) is 38.7 Å². The van der Waals surface area contributed by atoms with Crippen LogP contribution in [0.1, 0.15) is 56.7 Å². The molecule has 3 heterocycles. The normalized spacial score (nSPS) is 20.2. The molecule has 0 bridgehead atoms. The number of piperidine rings is 1. The zero-order chi connectivity index (χ0) is 28.0. The molecule has 210 valence electrons. The van der Waals surface area contributed by atoms with Gasteiger partial charge in [0, 0.05) is 39.0 Å². The minimum Gasteiger partial charge on any atom is -0.482 e. The van der Waals surface area contributed by atoms with Gasteiger partial charge in [0.25, 0.3) is 0 Å². The molecule has 0 N–H and O–H groups in total. The number of aromatic nitrogens is 1. The number of pyridine rings is 1. The standard InChI is InChI=1S/C15H19F3N2O.C12H15F3N2/c1-4-5-6-20-14(21-3)9-13(19(20)2)10-7-11(16)15(18)12(17)8-10;1-9-3-2-6-17(8-9)11-5-4-10(7-16-11)12(13,14)15/h7-9,13H,4-6H2,1-3H3;4-5,7,9H,2-3,6,8H2,1H3. The highest BCUT2D eigenvalue weighted by Gasteiger charge is 2.32. The third-order valence-electron chi connectivity index (χ3n) is 6.67. The Morgan fingerprint density at radius 2 is 1.79 bits per heavy atom. The maximum absolute atomic E-state index is 13.4. The van der Waals surface area contributed by atoms with E-state index >= 15 is 0 Å². The minimum atomic E-state index is -4.30. The highest BCUT2D eigenvalue weighted by atomic mass is 19.4. The molecule has 1 fully saturated rings. The highest BCUT2D eigenvalue weighted by Crippen LogP contribution is 2.34. The van der Waals surface area contributed by atoms with Gasteiger partial charge in [-0.2, -0.15) is 13.2 Å². The van der Waals surface area contributed by atoms with Crippen LogP contribution in [0.3, 0.4) is 0 Å². The van der Waals surface area contributed by atoms with E-state index in [4.69, 9.17) is 4.74 Å². The smallest absolute Gasteiger partial charge is 0.417 e. The first-order valence-corrected chi connectivity index (χ1v) is 12.6. The second kappa shape index (κ2) is 12.7. The Kier molecular flexibility index (Phi) is 9.92. The zero-order valence-electron chi connectivity index (χ0n) is 22.0. The number of benzene rings is 1. The first-order chi connectivity index (χ1) is 18.0. The molecule has 0 amide bonds. The van der Waals surface area contributed by atoms with Gasteiger partial charge in [0.15, 0.2) is 17.5 Å². The Bertz CT molecular complexity index is 1070. The van der Waals surface area contributed by atoms with Crippen molar-refractivity contribution in [1.82, 2.24) is 15.0 Å². The van der Waals surface area contributed by atoms with Gasteiger partial charge in [-0.3, -0.25) is 5.01 Å². The summed E-state index contributed by atoms with van der Waals surface area (Å²) in [5.41, 5.74) is -0.339. The number of rotatable bonds is 6. The van der Waals surface area contributed by atoms with Crippen molar-refractivity contribution in [3.8, 4) is 0 Å². The summed E-state index contributed by atoms with van der Waals surface area (Å²) in [5.74, 6) is -1.97. The molecule has 0 saturated carbocycles. The number of likely N-dealkylation sites (N-methyl/N-ethyl adjacent to an activating group) is 1. The molecule has 2 unspecified atom stereocenters. The molecule has 5 nitrogen and oxygen atoms in total. The van der Waals surface area contributed by atoms with Crippen LogP contribution in [0, 0.1) is 23.4 Å². The average molecular weight is 545 g/mol. The van der Waals surface area contributed by atoms with Gasteiger partial charge >= 0.3 is 6.18 Å². The van der Waals surface area contributed by atoms with Gasteiger partial charge in [-0.05, 0) is 55.0 Å². The average Bonchev–Trinajstić information content (AvgIpc) is 3.20. The molecule has 1 aromatic heterocycles. The third-order valence-corrected chi connectivity index (χ3v) is 6.67.